The first-order valence-corrected chi connectivity index (χ1v) is 20.2. The van der Waals surface area contributed by atoms with Crippen LogP contribution < -0.4 is 0 Å². The summed E-state index contributed by atoms with van der Waals surface area (Å²) in [6, 6.07) is 65.9. The van der Waals surface area contributed by atoms with E-state index in [1.165, 1.54) is 80.0 Å². The fourth-order valence-electron chi connectivity index (χ4n) is 9.52. The van der Waals surface area contributed by atoms with E-state index in [1.54, 1.807) is 0 Å². The summed E-state index contributed by atoms with van der Waals surface area (Å²) in [5, 5.41) is 13.2. The number of aromatic nitrogens is 4. The van der Waals surface area contributed by atoms with Gasteiger partial charge in [0.05, 0.1) is 33.3 Å². The van der Waals surface area contributed by atoms with Crippen molar-refractivity contribution in [3.63, 3.8) is 0 Å². The molecule has 4 aromatic heterocycles. The molecule has 0 radical (unpaired) electrons. The highest BCUT2D eigenvalue weighted by molar-refractivity contribution is 7.25. The van der Waals surface area contributed by atoms with E-state index in [9.17, 15) is 0 Å². The summed E-state index contributed by atoms with van der Waals surface area (Å²) in [5.41, 5.74) is 7.71. The van der Waals surface area contributed by atoms with Gasteiger partial charge in [-0.3, -0.25) is 4.57 Å². The second-order valence-electron chi connectivity index (χ2n) is 14.9. The van der Waals surface area contributed by atoms with Crippen molar-refractivity contribution in [1.82, 2.24) is 19.1 Å². The first-order chi connectivity index (χ1) is 28.3. The quantitative estimate of drug-likeness (QED) is 0.181. The Hall–Kier alpha value is -7.34. The molecule has 0 saturated carbocycles. The van der Waals surface area contributed by atoms with E-state index in [0.29, 0.717) is 0 Å². The van der Waals surface area contributed by atoms with Crippen LogP contribution in [0, 0.1) is 0 Å². The molecular formula is C52H30N4S. The SMILES string of the molecule is c1ccc2c(-n3c4ccccc4c4c5ccccc5ccc43)c3c4ccccc4n(-c4nc(-c5cccc6sc7ccccc7c56)nc5ccccc45)c3cc2c1. The minimum Gasteiger partial charge on any atom is -0.308 e. The van der Waals surface area contributed by atoms with Crippen LogP contribution in [0.15, 0.2) is 182 Å². The lowest BCUT2D eigenvalue weighted by Crippen LogP contribution is -2.03. The van der Waals surface area contributed by atoms with Gasteiger partial charge in [-0.1, -0.05) is 133 Å². The van der Waals surface area contributed by atoms with Crippen LogP contribution >= 0.6 is 11.3 Å². The molecule has 13 aromatic rings. The van der Waals surface area contributed by atoms with Crippen molar-refractivity contribution in [2.45, 2.75) is 0 Å². The predicted molar refractivity (Wildman–Crippen MR) is 242 cm³/mol. The third-order valence-corrected chi connectivity index (χ3v) is 13.0. The fourth-order valence-corrected chi connectivity index (χ4v) is 10.7. The summed E-state index contributed by atoms with van der Waals surface area (Å²) in [4.78, 5) is 10.9. The highest BCUT2D eigenvalue weighted by Gasteiger charge is 2.25. The van der Waals surface area contributed by atoms with Crippen molar-refractivity contribution in [2.24, 2.45) is 0 Å². The Kier molecular flexibility index (Phi) is 6.29. The van der Waals surface area contributed by atoms with Crippen molar-refractivity contribution < 1.29 is 0 Å². The molecule has 4 nitrogen and oxygen atoms in total. The molecule has 0 bridgehead atoms. The zero-order valence-corrected chi connectivity index (χ0v) is 31.3. The van der Waals surface area contributed by atoms with Gasteiger partial charge in [-0.05, 0) is 64.7 Å². The third kappa shape index (κ3) is 4.26. The van der Waals surface area contributed by atoms with Crippen molar-refractivity contribution in [1.29, 1.82) is 0 Å². The van der Waals surface area contributed by atoms with Gasteiger partial charge in [-0.2, -0.15) is 0 Å². The minimum absolute atomic E-state index is 0.721. The molecule has 57 heavy (non-hydrogen) atoms. The number of thiophene rings is 1. The molecule has 5 heteroatoms. The molecule has 0 saturated heterocycles. The van der Waals surface area contributed by atoms with E-state index in [1.807, 2.05) is 11.3 Å². The van der Waals surface area contributed by atoms with Crippen LogP contribution in [0.4, 0.5) is 0 Å². The van der Waals surface area contributed by atoms with Crippen LogP contribution in [0.2, 0.25) is 0 Å². The number of rotatable bonds is 3. The topological polar surface area (TPSA) is 35.6 Å². The summed E-state index contributed by atoms with van der Waals surface area (Å²) < 4.78 is 7.41. The summed E-state index contributed by atoms with van der Waals surface area (Å²) >= 11 is 1.82. The van der Waals surface area contributed by atoms with Gasteiger partial charge in [0, 0.05) is 58.1 Å². The fraction of sp³-hybridized carbons (Fsp3) is 0. The van der Waals surface area contributed by atoms with E-state index in [2.05, 4.69) is 191 Å². The molecule has 0 fully saturated rings. The molecule has 0 atom stereocenters. The Labute approximate surface area is 330 Å². The Bertz CT molecular complexity index is 3830. The van der Waals surface area contributed by atoms with Gasteiger partial charge in [0.25, 0.3) is 0 Å². The van der Waals surface area contributed by atoms with Crippen molar-refractivity contribution >= 4 is 108 Å². The standard InChI is InChI=1S/C52H30N4S/c1-3-16-33-31(14-1)28-29-43-47(33)36-19-6-10-24-41(36)55(43)50-34-17-4-2-15-32(34)30-44-49(50)37-20-7-11-25-42(37)56(44)52-35-18-5-9-23-40(35)53-51(54-52)39-22-13-27-46-48(39)38-21-8-12-26-45(38)57-46/h1-30H. The van der Waals surface area contributed by atoms with Gasteiger partial charge < -0.3 is 4.57 Å². The maximum absolute atomic E-state index is 5.61. The zero-order valence-electron chi connectivity index (χ0n) is 30.5. The molecule has 0 N–H and O–H groups in total. The molecule has 0 amide bonds. The molecule has 9 aromatic carbocycles. The molecular weight excluding hydrogens is 713 g/mol. The second-order valence-corrected chi connectivity index (χ2v) is 16.0. The Morgan fingerprint density at radius 1 is 0.368 bits per heavy atom. The first kappa shape index (κ1) is 30.9. The summed E-state index contributed by atoms with van der Waals surface area (Å²) in [6.45, 7) is 0. The Morgan fingerprint density at radius 2 is 1.00 bits per heavy atom. The number of fused-ring (bicyclic) bond motifs is 13. The van der Waals surface area contributed by atoms with Crippen LogP contribution in [-0.2, 0) is 0 Å². The molecule has 0 unspecified atom stereocenters. The lowest BCUT2D eigenvalue weighted by atomic mass is 10.0. The van der Waals surface area contributed by atoms with Gasteiger partial charge in [0.15, 0.2) is 5.82 Å². The lowest BCUT2D eigenvalue weighted by molar-refractivity contribution is 1.08. The molecule has 0 aliphatic rings. The highest BCUT2D eigenvalue weighted by Crippen LogP contribution is 2.46. The molecule has 264 valence electrons. The van der Waals surface area contributed by atoms with Gasteiger partial charge in [0.2, 0.25) is 0 Å². The third-order valence-electron chi connectivity index (χ3n) is 11.9. The van der Waals surface area contributed by atoms with E-state index in [0.717, 1.165) is 39.1 Å². The van der Waals surface area contributed by atoms with Crippen molar-refractivity contribution in [3.05, 3.63) is 182 Å². The molecule has 13 rings (SSSR count). The average Bonchev–Trinajstić information content (AvgIpc) is 3.93. The van der Waals surface area contributed by atoms with Crippen LogP contribution in [0.5, 0.6) is 0 Å². The Morgan fingerprint density at radius 3 is 1.84 bits per heavy atom. The normalized spacial score (nSPS) is 12.2. The molecule has 0 aliphatic heterocycles. The second kappa shape index (κ2) is 11.6. The summed E-state index contributed by atoms with van der Waals surface area (Å²) in [6.07, 6.45) is 0. The van der Waals surface area contributed by atoms with Crippen LogP contribution in [-0.4, -0.2) is 19.1 Å². The number of hydrogen-bond donors (Lipinski definition) is 0. The van der Waals surface area contributed by atoms with Gasteiger partial charge in [-0.15, -0.1) is 11.3 Å². The van der Waals surface area contributed by atoms with Crippen LogP contribution in [0.1, 0.15) is 0 Å². The van der Waals surface area contributed by atoms with Gasteiger partial charge in [-0.25, -0.2) is 9.97 Å². The maximum Gasteiger partial charge on any atom is 0.162 e. The number of nitrogens with zero attached hydrogens (tertiary/aromatic N) is 4. The van der Waals surface area contributed by atoms with Crippen molar-refractivity contribution in [3.8, 4) is 22.9 Å². The number of hydrogen-bond acceptors (Lipinski definition) is 3. The maximum atomic E-state index is 5.61. The average molecular weight is 743 g/mol. The van der Waals surface area contributed by atoms with E-state index in [-0.39, 0.29) is 0 Å². The highest BCUT2D eigenvalue weighted by atomic mass is 32.1. The zero-order chi connectivity index (χ0) is 37.2. The first-order valence-electron chi connectivity index (χ1n) is 19.3. The number of benzene rings is 9. The van der Waals surface area contributed by atoms with Gasteiger partial charge in [0.1, 0.15) is 5.82 Å². The predicted octanol–water partition coefficient (Wildman–Crippen LogP) is 14.2. The molecule has 4 heterocycles. The minimum atomic E-state index is 0.721. The largest absolute Gasteiger partial charge is 0.308 e. The van der Waals surface area contributed by atoms with E-state index < -0.39 is 0 Å². The van der Waals surface area contributed by atoms with E-state index in [4.69, 9.17) is 9.97 Å². The van der Waals surface area contributed by atoms with Crippen LogP contribution in [0.3, 0.4) is 0 Å². The smallest absolute Gasteiger partial charge is 0.162 e. The molecule has 0 aliphatic carbocycles. The van der Waals surface area contributed by atoms with Crippen molar-refractivity contribution in [2.75, 3.05) is 0 Å². The van der Waals surface area contributed by atoms with Gasteiger partial charge >= 0.3 is 0 Å². The Balaban J connectivity index is 1.20. The molecule has 0 spiro atoms. The monoisotopic (exact) mass is 742 g/mol. The lowest BCUT2D eigenvalue weighted by Gasteiger charge is -2.16. The van der Waals surface area contributed by atoms with E-state index >= 15 is 0 Å². The summed E-state index contributed by atoms with van der Waals surface area (Å²) in [7, 11) is 0. The number of para-hydroxylation sites is 3. The van der Waals surface area contributed by atoms with Crippen LogP contribution in [0.25, 0.3) is 119 Å². The summed E-state index contributed by atoms with van der Waals surface area (Å²) in [5.74, 6) is 1.59.